The molecule has 0 aliphatic carbocycles. The average molecular weight is 378 g/mol. The summed E-state index contributed by atoms with van der Waals surface area (Å²) >= 11 is 1.68. The zero-order chi connectivity index (χ0) is 18.2. The van der Waals surface area contributed by atoms with Gasteiger partial charge in [-0.25, -0.2) is 0 Å². The topological polar surface area (TPSA) is 71.0 Å². The minimum absolute atomic E-state index is 0.209. The van der Waals surface area contributed by atoms with Gasteiger partial charge in [0.05, 0.1) is 17.5 Å². The minimum Gasteiger partial charge on any atom is -0.454 e. The van der Waals surface area contributed by atoms with Crippen LogP contribution >= 0.6 is 11.8 Å². The number of hydrogen-bond acceptors (Lipinski definition) is 5. The summed E-state index contributed by atoms with van der Waals surface area (Å²) in [6.07, 6.45) is 2.02. The van der Waals surface area contributed by atoms with Gasteiger partial charge in [0.15, 0.2) is 16.7 Å². The number of hydrazone groups is 1. The van der Waals surface area contributed by atoms with Gasteiger partial charge in [-0.2, -0.15) is 5.10 Å². The number of ether oxygens (including phenoxy) is 2. The van der Waals surface area contributed by atoms with Gasteiger partial charge in [-0.3, -0.25) is 10.4 Å². The van der Waals surface area contributed by atoms with Gasteiger partial charge < -0.3 is 14.5 Å². The first-order valence-electron chi connectivity index (χ1n) is 8.77. The number of thioether (sulfide) groups is 1. The Morgan fingerprint density at radius 2 is 2.07 bits per heavy atom. The summed E-state index contributed by atoms with van der Waals surface area (Å²) in [5, 5.41) is 6.82. The Balaban J connectivity index is 1.35. The number of nitrogens with one attached hydrogen (secondary N) is 2. The fourth-order valence-corrected chi connectivity index (χ4v) is 4.15. The summed E-state index contributed by atoms with van der Waals surface area (Å²) in [6.45, 7) is 3.01. The molecule has 6 nitrogen and oxygen atoms in total. The van der Waals surface area contributed by atoms with E-state index in [9.17, 15) is 0 Å². The molecule has 0 saturated heterocycles. The predicted molar refractivity (Wildman–Crippen MR) is 109 cm³/mol. The first kappa shape index (κ1) is 16.3. The molecule has 1 atom stereocenters. The predicted octanol–water partition coefficient (Wildman–Crippen LogP) is 3.88. The van der Waals surface area contributed by atoms with Crippen LogP contribution in [0.5, 0.6) is 11.5 Å². The Morgan fingerprint density at radius 3 is 3.00 bits per heavy atom. The van der Waals surface area contributed by atoms with E-state index in [0.29, 0.717) is 6.54 Å². The molecule has 0 bridgehead atoms. The minimum atomic E-state index is 0.209. The molecule has 0 radical (unpaired) electrons. The van der Waals surface area contributed by atoms with Crippen molar-refractivity contribution in [3.05, 3.63) is 59.8 Å². The number of H-pyrrole nitrogens is 1. The Labute approximate surface area is 160 Å². The highest BCUT2D eigenvalue weighted by atomic mass is 32.2. The van der Waals surface area contributed by atoms with Crippen molar-refractivity contribution >= 4 is 33.5 Å². The van der Waals surface area contributed by atoms with Gasteiger partial charge in [0.1, 0.15) is 0 Å². The van der Waals surface area contributed by atoms with Gasteiger partial charge in [-0.15, -0.1) is 0 Å². The molecule has 2 aromatic carbocycles. The molecule has 7 heteroatoms. The third-order valence-corrected chi connectivity index (χ3v) is 5.67. The Bertz CT molecular complexity index is 1070. The van der Waals surface area contributed by atoms with Crippen LogP contribution in [-0.4, -0.2) is 27.9 Å². The maximum Gasteiger partial charge on any atom is 0.231 e. The molecular formula is C20H18N4O2S. The van der Waals surface area contributed by atoms with Crippen molar-refractivity contribution in [1.82, 2.24) is 10.4 Å². The maximum absolute atomic E-state index is 5.42. The van der Waals surface area contributed by atoms with Gasteiger partial charge in [0.2, 0.25) is 6.79 Å². The summed E-state index contributed by atoms with van der Waals surface area (Å²) in [4.78, 5) is 7.98. The molecule has 2 N–H and O–H groups in total. The van der Waals surface area contributed by atoms with E-state index in [1.807, 2.05) is 36.5 Å². The zero-order valence-corrected chi connectivity index (χ0v) is 15.5. The normalized spacial score (nSPS) is 20.0. The van der Waals surface area contributed by atoms with Crippen LogP contribution in [0.25, 0.3) is 10.9 Å². The van der Waals surface area contributed by atoms with Crippen LogP contribution in [0.15, 0.2) is 58.8 Å². The lowest BCUT2D eigenvalue weighted by Crippen LogP contribution is -2.30. The standard InChI is InChI=1S/C20H18N4O2S/c1-12-19(15-10-21-16-5-3-2-4-14(15)16)23-24-20(27-12)22-9-13-6-7-17-18(8-13)26-11-25-17/h2-8,10,12,21H,9,11H2,1H3,(H,22,24)/t12-/m0/s1. The molecule has 2 aliphatic rings. The van der Waals surface area contributed by atoms with Crippen LogP contribution in [0.4, 0.5) is 0 Å². The van der Waals surface area contributed by atoms with Gasteiger partial charge in [-0.05, 0) is 30.7 Å². The van der Waals surface area contributed by atoms with Gasteiger partial charge in [0.25, 0.3) is 0 Å². The molecule has 1 aromatic heterocycles. The Morgan fingerprint density at radius 1 is 1.19 bits per heavy atom. The van der Waals surface area contributed by atoms with Crippen LogP contribution in [0.2, 0.25) is 0 Å². The summed E-state index contributed by atoms with van der Waals surface area (Å²) in [6, 6.07) is 14.2. The van der Waals surface area contributed by atoms with Crippen molar-refractivity contribution < 1.29 is 9.47 Å². The molecule has 136 valence electrons. The highest BCUT2D eigenvalue weighted by molar-refractivity contribution is 8.15. The highest BCUT2D eigenvalue weighted by Crippen LogP contribution is 2.33. The number of amidine groups is 1. The SMILES string of the molecule is C[C@@H]1SC(=NCc2ccc3c(c2)OCO3)NN=C1c1c[nH]c2ccccc12. The van der Waals surface area contributed by atoms with Crippen molar-refractivity contribution in [3.63, 3.8) is 0 Å². The van der Waals surface area contributed by atoms with Crippen molar-refractivity contribution in [2.24, 2.45) is 10.1 Å². The van der Waals surface area contributed by atoms with Crippen molar-refractivity contribution in [2.45, 2.75) is 18.7 Å². The van der Waals surface area contributed by atoms with Crippen LogP contribution in [0, 0.1) is 0 Å². The number of hydrogen-bond donors (Lipinski definition) is 2. The van der Waals surface area contributed by atoms with Gasteiger partial charge >= 0.3 is 0 Å². The van der Waals surface area contributed by atoms with E-state index in [1.54, 1.807) is 11.8 Å². The van der Waals surface area contributed by atoms with Crippen molar-refractivity contribution in [2.75, 3.05) is 6.79 Å². The lowest BCUT2D eigenvalue weighted by molar-refractivity contribution is 0.174. The second-order valence-corrected chi connectivity index (χ2v) is 7.76. The number of aromatic nitrogens is 1. The smallest absolute Gasteiger partial charge is 0.231 e. The summed E-state index contributed by atoms with van der Waals surface area (Å²) in [7, 11) is 0. The van der Waals surface area contributed by atoms with E-state index in [4.69, 9.17) is 9.47 Å². The van der Waals surface area contributed by atoms with Crippen molar-refractivity contribution in [3.8, 4) is 11.5 Å². The second kappa shape index (κ2) is 6.66. The fourth-order valence-electron chi connectivity index (χ4n) is 3.29. The first-order valence-corrected chi connectivity index (χ1v) is 9.65. The van der Waals surface area contributed by atoms with E-state index >= 15 is 0 Å². The number of benzene rings is 2. The number of nitrogens with zero attached hydrogens (tertiary/aromatic N) is 2. The van der Waals surface area contributed by atoms with E-state index in [1.165, 1.54) is 5.39 Å². The maximum atomic E-state index is 5.42. The van der Waals surface area contributed by atoms with Crippen LogP contribution in [0.3, 0.4) is 0 Å². The molecule has 0 unspecified atom stereocenters. The first-order chi connectivity index (χ1) is 13.3. The molecule has 0 spiro atoms. The van der Waals surface area contributed by atoms with Crippen molar-refractivity contribution in [1.29, 1.82) is 0 Å². The third-order valence-electron chi connectivity index (χ3n) is 4.65. The summed E-state index contributed by atoms with van der Waals surface area (Å²) in [5.74, 6) is 1.57. The second-order valence-electron chi connectivity index (χ2n) is 6.43. The molecule has 3 heterocycles. The van der Waals surface area contributed by atoms with Crippen LogP contribution in [0.1, 0.15) is 18.1 Å². The highest BCUT2D eigenvalue weighted by Gasteiger charge is 2.23. The van der Waals surface area contributed by atoms with Crippen LogP contribution in [-0.2, 0) is 6.54 Å². The molecular weight excluding hydrogens is 360 g/mol. The molecule has 3 aromatic rings. The van der Waals surface area contributed by atoms with E-state index in [0.717, 1.165) is 39.0 Å². The fraction of sp³-hybridized carbons (Fsp3) is 0.200. The quantitative estimate of drug-likeness (QED) is 0.726. The Hall–Kier alpha value is -2.93. The number of aromatic amines is 1. The number of aliphatic imine (C=N–C) groups is 1. The van der Waals surface area contributed by atoms with Crippen LogP contribution < -0.4 is 14.9 Å². The summed E-state index contributed by atoms with van der Waals surface area (Å²) < 4.78 is 10.8. The zero-order valence-electron chi connectivity index (χ0n) is 14.7. The molecule has 0 amide bonds. The summed E-state index contributed by atoms with van der Waals surface area (Å²) in [5.41, 5.74) is 7.46. The van der Waals surface area contributed by atoms with E-state index in [-0.39, 0.29) is 12.0 Å². The number of para-hydroxylation sites is 1. The number of fused-ring (bicyclic) bond motifs is 2. The van der Waals surface area contributed by atoms with Gasteiger partial charge in [0, 0.05) is 22.7 Å². The van der Waals surface area contributed by atoms with E-state index in [2.05, 4.69) is 39.6 Å². The van der Waals surface area contributed by atoms with Gasteiger partial charge in [-0.1, -0.05) is 36.0 Å². The number of rotatable bonds is 3. The molecule has 0 fully saturated rings. The third kappa shape index (κ3) is 3.04. The molecule has 5 rings (SSSR count). The van der Waals surface area contributed by atoms with E-state index < -0.39 is 0 Å². The molecule has 2 aliphatic heterocycles. The lowest BCUT2D eigenvalue weighted by atomic mass is 10.1. The Kier molecular flexibility index (Phi) is 4.01. The largest absolute Gasteiger partial charge is 0.454 e. The average Bonchev–Trinajstić information content (AvgIpc) is 3.33. The molecule has 27 heavy (non-hydrogen) atoms. The lowest BCUT2D eigenvalue weighted by Gasteiger charge is -2.20. The monoisotopic (exact) mass is 378 g/mol. The molecule has 0 saturated carbocycles.